The van der Waals surface area contributed by atoms with Crippen molar-refractivity contribution in [2.45, 2.75) is 6.54 Å². The molecule has 0 radical (unpaired) electrons. The second kappa shape index (κ2) is 6.91. The number of amides is 1. The number of hydrogen-bond acceptors (Lipinski definition) is 4. The van der Waals surface area contributed by atoms with E-state index in [0.29, 0.717) is 10.9 Å². The second-order valence-electron chi connectivity index (χ2n) is 5.10. The predicted molar refractivity (Wildman–Crippen MR) is 84.6 cm³/mol. The number of nitrogens with zero attached hydrogens (tertiary/aromatic N) is 1. The third kappa shape index (κ3) is 3.57. The summed E-state index contributed by atoms with van der Waals surface area (Å²) < 4.78 is 17.8. The molecule has 0 fully saturated rings. The Morgan fingerprint density at radius 1 is 1.12 bits per heavy atom. The fraction of sp³-hybridized carbons (Fsp3) is 0.118. The lowest BCUT2D eigenvalue weighted by Crippen LogP contribution is -2.28. The second-order valence-corrected chi connectivity index (χ2v) is 5.10. The van der Waals surface area contributed by atoms with E-state index in [0.717, 1.165) is 5.56 Å². The van der Waals surface area contributed by atoms with Gasteiger partial charge in [-0.15, -0.1) is 0 Å². The number of aromatic amines is 1. The molecule has 1 aromatic heterocycles. The molecule has 0 saturated heterocycles. The van der Waals surface area contributed by atoms with Crippen LogP contribution in [0, 0.1) is 5.82 Å². The number of aromatic nitrogens is 2. The highest BCUT2D eigenvalue weighted by Gasteiger charge is 2.16. The summed E-state index contributed by atoms with van der Waals surface area (Å²) in [4.78, 5) is 23.7. The Kier molecular flexibility index (Phi) is 4.51. The molecule has 7 heteroatoms. The first-order valence-electron chi connectivity index (χ1n) is 7.25. The minimum absolute atomic E-state index is 0.136. The largest absolute Gasteiger partial charge is 0.451 e. The van der Waals surface area contributed by atoms with Crippen molar-refractivity contribution in [3.8, 4) is 0 Å². The molecular weight excluding hydrogens is 313 g/mol. The van der Waals surface area contributed by atoms with Gasteiger partial charge in [-0.05, 0) is 23.8 Å². The summed E-state index contributed by atoms with van der Waals surface area (Å²) >= 11 is 0. The first kappa shape index (κ1) is 15.7. The highest BCUT2D eigenvalue weighted by atomic mass is 19.1. The molecule has 0 spiro atoms. The van der Waals surface area contributed by atoms with Gasteiger partial charge >= 0.3 is 5.97 Å². The normalized spacial score (nSPS) is 10.5. The lowest BCUT2D eigenvalue weighted by Gasteiger charge is -2.06. The maximum Gasteiger partial charge on any atom is 0.359 e. The minimum Gasteiger partial charge on any atom is -0.451 e. The van der Waals surface area contributed by atoms with Crippen LogP contribution in [0.15, 0.2) is 48.5 Å². The van der Waals surface area contributed by atoms with E-state index in [4.69, 9.17) is 4.74 Å². The fourth-order valence-corrected chi connectivity index (χ4v) is 2.17. The van der Waals surface area contributed by atoms with Gasteiger partial charge < -0.3 is 10.1 Å². The number of H-pyrrole nitrogens is 1. The molecule has 0 saturated carbocycles. The van der Waals surface area contributed by atoms with Crippen molar-refractivity contribution in [1.29, 1.82) is 0 Å². The number of carbonyl (C=O) groups is 2. The van der Waals surface area contributed by atoms with E-state index in [9.17, 15) is 14.0 Å². The Bertz CT molecular complexity index is 874. The van der Waals surface area contributed by atoms with Crippen molar-refractivity contribution in [2.75, 3.05) is 6.61 Å². The number of esters is 1. The average Bonchev–Trinajstić information content (AvgIpc) is 3.03. The van der Waals surface area contributed by atoms with Crippen LogP contribution in [0.2, 0.25) is 0 Å². The first-order chi connectivity index (χ1) is 11.6. The topological polar surface area (TPSA) is 84.1 Å². The number of rotatable bonds is 5. The first-order valence-corrected chi connectivity index (χ1v) is 7.25. The van der Waals surface area contributed by atoms with E-state index < -0.39 is 18.5 Å². The number of nitrogens with one attached hydrogen (secondary N) is 2. The van der Waals surface area contributed by atoms with Gasteiger partial charge in [0.2, 0.25) is 0 Å². The van der Waals surface area contributed by atoms with Crippen LogP contribution in [-0.4, -0.2) is 28.7 Å². The molecule has 0 aliphatic carbocycles. The number of benzene rings is 2. The SMILES string of the molecule is O=C(COC(=O)c1n[nH]c2ccccc12)NCc1ccc(F)cc1. The highest BCUT2D eigenvalue weighted by Crippen LogP contribution is 2.15. The van der Waals surface area contributed by atoms with Crippen LogP contribution in [0.3, 0.4) is 0 Å². The van der Waals surface area contributed by atoms with Gasteiger partial charge in [0.05, 0.1) is 5.52 Å². The van der Waals surface area contributed by atoms with Gasteiger partial charge in [-0.1, -0.05) is 30.3 Å². The van der Waals surface area contributed by atoms with Crippen molar-refractivity contribution >= 4 is 22.8 Å². The average molecular weight is 327 g/mol. The number of fused-ring (bicyclic) bond motifs is 1. The molecule has 0 atom stereocenters. The van der Waals surface area contributed by atoms with Gasteiger partial charge in [0.1, 0.15) is 5.82 Å². The van der Waals surface area contributed by atoms with Gasteiger partial charge in [0.25, 0.3) is 5.91 Å². The Hall–Kier alpha value is -3.22. The van der Waals surface area contributed by atoms with E-state index >= 15 is 0 Å². The number of carbonyl (C=O) groups excluding carboxylic acids is 2. The Labute approximate surface area is 136 Å². The number of hydrogen-bond donors (Lipinski definition) is 2. The molecule has 2 aromatic carbocycles. The Balaban J connectivity index is 1.52. The van der Waals surface area contributed by atoms with Crippen molar-refractivity contribution in [1.82, 2.24) is 15.5 Å². The van der Waals surface area contributed by atoms with E-state index in [1.807, 2.05) is 6.07 Å². The summed E-state index contributed by atoms with van der Waals surface area (Å²) in [5.74, 6) is -1.47. The van der Waals surface area contributed by atoms with E-state index in [2.05, 4.69) is 15.5 Å². The zero-order chi connectivity index (χ0) is 16.9. The molecule has 0 aliphatic rings. The summed E-state index contributed by atoms with van der Waals surface area (Å²) in [6.45, 7) is -0.191. The molecule has 1 amide bonds. The third-order valence-electron chi connectivity index (χ3n) is 3.40. The molecule has 3 rings (SSSR count). The minimum atomic E-state index is -0.676. The van der Waals surface area contributed by atoms with Crippen molar-refractivity contribution < 1.29 is 18.7 Å². The van der Waals surface area contributed by atoms with Gasteiger partial charge in [0.15, 0.2) is 12.3 Å². The molecule has 1 heterocycles. The van der Waals surface area contributed by atoms with Crippen LogP contribution < -0.4 is 5.32 Å². The molecule has 122 valence electrons. The lowest BCUT2D eigenvalue weighted by molar-refractivity contribution is -0.124. The Morgan fingerprint density at radius 2 is 1.88 bits per heavy atom. The van der Waals surface area contributed by atoms with Gasteiger partial charge in [-0.25, -0.2) is 9.18 Å². The van der Waals surface area contributed by atoms with Gasteiger partial charge in [0, 0.05) is 11.9 Å². The standard InChI is InChI=1S/C17H14FN3O3/c18-12-7-5-11(6-8-12)9-19-15(22)10-24-17(23)16-13-3-1-2-4-14(13)20-21-16/h1-8H,9-10H2,(H,19,22)(H,20,21). The number of para-hydroxylation sites is 1. The zero-order valence-electron chi connectivity index (χ0n) is 12.6. The number of halogens is 1. The quantitative estimate of drug-likeness (QED) is 0.704. The molecule has 0 bridgehead atoms. The molecule has 6 nitrogen and oxygen atoms in total. The van der Waals surface area contributed by atoms with Crippen LogP contribution in [0.25, 0.3) is 10.9 Å². The van der Waals surface area contributed by atoms with Gasteiger partial charge in [-0.3, -0.25) is 9.89 Å². The van der Waals surface area contributed by atoms with Crippen LogP contribution in [-0.2, 0) is 16.1 Å². The summed E-state index contributed by atoms with van der Waals surface area (Å²) in [5, 5.41) is 9.86. The fourth-order valence-electron chi connectivity index (χ4n) is 2.17. The van der Waals surface area contributed by atoms with Crippen molar-refractivity contribution in [3.05, 3.63) is 65.6 Å². The van der Waals surface area contributed by atoms with E-state index in [1.165, 1.54) is 12.1 Å². The molecular formula is C17H14FN3O3. The molecule has 3 aromatic rings. The zero-order valence-corrected chi connectivity index (χ0v) is 12.6. The van der Waals surface area contributed by atoms with Crippen LogP contribution in [0.5, 0.6) is 0 Å². The summed E-state index contributed by atoms with van der Waals surface area (Å²) in [6.07, 6.45) is 0. The monoisotopic (exact) mass is 327 g/mol. The number of ether oxygens (including phenoxy) is 1. The van der Waals surface area contributed by atoms with Crippen LogP contribution in [0.4, 0.5) is 4.39 Å². The predicted octanol–water partition coefficient (Wildman–Crippen LogP) is 2.18. The van der Waals surface area contributed by atoms with Crippen LogP contribution >= 0.6 is 0 Å². The maximum atomic E-state index is 12.8. The summed E-state index contributed by atoms with van der Waals surface area (Å²) in [6, 6.07) is 12.9. The summed E-state index contributed by atoms with van der Waals surface area (Å²) in [5.41, 5.74) is 1.59. The third-order valence-corrected chi connectivity index (χ3v) is 3.40. The highest BCUT2D eigenvalue weighted by molar-refractivity contribution is 6.02. The molecule has 0 unspecified atom stereocenters. The molecule has 0 aliphatic heterocycles. The smallest absolute Gasteiger partial charge is 0.359 e. The Morgan fingerprint density at radius 3 is 2.67 bits per heavy atom. The molecule has 24 heavy (non-hydrogen) atoms. The van der Waals surface area contributed by atoms with Crippen molar-refractivity contribution in [3.63, 3.8) is 0 Å². The van der Waals surface area contributed by atoms with Crippen molar-refractivity contribution in [2.24, 2.45) is 0 Å². The van der Waals surface area contributed by atoms with E-state index in [-0.39, 0.29) is 18.1 Å². The summed E-state index contributed by atoms with van der Waals surface area (Å²) in [7, 11) is 0. The maximum absolute atomic E-state index is 12.8. The van der Waals surface area contributed by atoms with E-state index in [1.54, 1.807) is 30.3 Å². The molecule has 2 N–H and O–H groups in total. The lowest BCUT2D eigenvalue weighted by atomic mass is 10.2. The van der Waals surface area contributed by atoms with Crippen LogP contribution in [0.1, 0.15) is 16.1 Å². The van der Waals surface area contributed by atoms with Gasteiger partial charge in [-0.2, -0.15) is 5.10 Å².